The fraction of sp³-hybridized carbons (Fsp3) is 0.571. The maximum Gasteiger partial charge on any atom is 0.391 e. The molecular weight excluding hydrogens is 287 g/mol. The van der Waals surface area contributed by atoms with Crippen LogP contribution in [0.1, 0.15) is 22.6 Å². The van der Waals surface area contributed by atoms with Crippen LogP contribution in [0.2, 0.25) is 0 Å². The summed E-state index contributed by atoms with van der Waals surface area (Å²) in [6.45, 7) is 1.48. The largest absolute Gasteiger partial charge is 0.391 e. The molecule has 0 aromatic carbocycles. The average molecular weight is 303 g/mol. The van der Waals surface area contributed by atoms with Crippen LogP contribution < -0.4 is 0 Å². The zero-order valence-corrected chi connectivity index (χ0v) is 11.7. The number of aliphatic hydroxyl groups is 1. The van der Waals surface area contributed by atoms with Crippen LogP contribution in [0.25, 0.3) is 0 Å². The second kappa shape index (κ2) is 6.61. The molecule has 110 valence electrons. The van der Waals surface area contributed by atoms with Gasteiger partial charge in [-0.2, -0.15) is 13.2 Å². The van der Waals surface area contributed by atoms with Gasteiger partial charge in [0.25, 0.3) is 0 Å². The average Bonchev–Trinajstić information content (AvgIpc) is 2.83. The van der Waals surface area contributed by atoms with Crippen molar-refractivity contribution in [2.24, 2.45) is 5.92 Å². The van der Waals surface area contributed by atoms with Gasteiger partial charge in [-0.05, 0) is 38.1 Å². The number of nitrogens with zero attached hydrogens (tertiary/aromatic N) is 1. The molecule has 0 unspecified atom stereocenters. The summed E-state index contributed by atoms with van der Waals surface area (Å²) in [6.07, 6.45) is -3.68. The summed E-state index contributed by atoms with van der Waals surface area (Å²) in [4.78, 5) is 4.02. The third-order valence-corrected chi connectivity index (χ3v) is 4.37. The van der Waals surface area contributed by atoms with E-state index >= 15 is 0 Å². The summed E-state index contributed by atoms with van der Waals surface area (Å²) in [5, 5.41) is 8.62. The Kier molecular flexibility index (Phi) is 5.08. The van der Waals surface area contributed by atoms with Crippen LogP contribution in [0.15, 0.2) is 12.1 Å². The molecule has 2 rings (SSSR count). The molecule has 2 heterocycles. The molecule has 1 N–H and O–H groups in total. The van der Waals surface area contributed by atoms with Crippen molar-refractivity contribution >= 4 is 11.3 Å². The Bertz CT molecular complexity index is 492. The van der Waals surface area contributed by atoms with E-state index in [1.54, 1.807) is 0 Å². The second-order valence-corrected chi connectivity index (χ2v) is 5.99. The van der Waals surface area contributed by atoms with E-state index in [2.05, 4.69) is 16.7 Å². The zero-order valence-electron chi connectivity index (χ0n) is 10.9. The highest BCUT2D eigenvalue weighted by atomic mass is 32.1. The maximum atomic E-state index is 12.6. The van der Waals surface area contributed by atoms with Gasteiger partial charge in [-0.15, -0.1) is 11.3 Å². The van der Waals surface area contributed by atoms with Crippen LogP contribution in [-0.2, 0) is 6.54 Å². The number of piperidine rings is 1. The summed E-state index contributed by atoms with van der Waals surface area (Å²) in [7, 11) is 0. The normalized spacial score (nSPS) is 17.8. The third-order valence-electron chi connectivity index (χ3n) is 3.38. The van der Waals surface area contributed by atoms with E-state index in [1.807, 2.05) is 12.1 Å². The van der Waals surface area contributed by atoms with Gasteiger partial charge in [0.15, 0.2) is 0 Å². The molecule has 1 aromatic rings. The molecule has 1 aromatic heterocycles. The number of likely N-dealkylation sites (tertiary alicyclic amines) is 1. The highest BCUT2D eigenvalue weighted by molar-refractivity contribution is 7.12. The standard InChI is InChI=1S/C14H16F3NOS/c15-14(16,17)11-5-7-18(8-6-11)10-13-4-3-12(20-13)2-1-9-19/h3-4,11,19H,5-10H2. The molecular formula is C14H16F3NOS. The van der Waals surface area contributed by atoms with Gasteiger partial charge in [-0.3, -0.25) is 4.90 Å². The minimum atomic E-state index is -4.05. The van der Waals surface area contributed by atoms with E-state index in [9.17, 15) is 13.2 Å². The minimum Gasteiger partial charge on any atom is -0.384 e. The van der Waals surface area contributed by atoms with E-state index in [0.717, 1.165) is 9.75 Å². The number of hydrogen-bond donors (Lipinski definition) is 1. The van der Waals surface area contributed by atoms with E-state index in [0.29, 0.717) is 19.6 Å². The van der Waals surface area contributed by atoms with Crippen molar-refractivity contribution in [2.45, 2.75) is 25.6 Å². The molecule has 0 amide bonds. The Balaban J connectivity index is 1.85. The Morgan fingerprint density at radius 1 is 1.30 bits per heavy atom. The van der Waals surface area contributed by atoms with Crippen molar-refractivity contribution in [3.63, 3.8) is 0 Å². The van der Waals surface area contributed by atoms with Crippen LogP contribution in [-0.4, -0.2) is 35.9 Å². The molecule has 0 spiro atoms. The Morgan fingerprint density at radius 3 is 2.60 bits per heavy atom. The van der Waals surface area contributed by atoms with Gasteiger partial charge < -0.3 is 5.11 Å². The zero-order chi connectivity index (χ0) is 14.6. The van der Waals surface area contributed by atoms with Crippen LogP contribution in [0.5, 0.6) is 0 Å². The van der Waals surface area contributed by atoms with Gasteiger partial charge in [-0.25, -0.2) is 0 Å². The van der Waals surface area contributed by atoms with Crippen LogP contribution >= 0.6 is 11.3 Å². The Labute approximate surface area is 120 Å². The molecule has 0 radical (unpaired) electrons. The van der Waals surface area contributed by atoms with Crippen molar-refractivity contribution in [1.82, 2.24) is 4.90 Å². The number of rotatable bonds is 2. The predicted octanol–water partition coefficient (Wildman–Crippen LogP) is 2.87. The first-order chi connectivity index (χ1) is 9.49. The monoisotopic (exact) mass is 303 g/mol. The smallest absolute Gasteiger partial charge is 0.384 e. The summed E-state index contributed by atoms with van der Waals surface area (Å²) in [5.41, 5.74) is 0. The Morgan fingerprint density at radius 2 is 2.00 bits per heavy atom. The van der Waals surface area contributed by atoms with Gasteiger partial charge in [0.05, 0.1) is 10.8 Å². The van der Waals surface area contributed by atoms with Crippen molar-refractivity contribution < 1.29 is 18.3 Å². The first kappa shape index (κ1) is 15.4. The van der Waals surface area contributed by atoms with Gasteiger partial charge in [0, 0.05) is 11.4 Å². The fourth-order valence-electron chi connectivity index (χ4n) is 2.30. The predicted molar refractivity (Wildman–Crippen MR) is 72.3 cm³/mol. The molecule has 0 saturated carbocycles. The summed E-state index contributed by atoms with van der Waals surface area (Å²) < 4.78 is 37.7. The van der Waals surface area contributed by atoms with Crippen molar-refractivity contribution in [1.29, 1.82) is 0 Å². The molecule has 2 nitrogen and oxygen atoms in total. The molecule has 0 bridgehead atoms. The van der Waals surface area contributed by atoms with Gasteiger partial charge in [-0.1, -0.05) is 11.8 Å². The SMILES string of the molecule is OCC#Cc1ccc(CN2CCC(C(F)(F)F)CC2)s1. The lowest BCUT2D eigenvalue weighted by atomic mass is 9.96. The number of thiophene rings is 1. The summed E-state index contributed by atoms with van der Waals surface area (Å²) in [5.74, 6) is 4.27. The van der Waals surface area contributed by atoms with Crippen LogP contribution in [0.4, 0.5) is 13.2 Å². The molecule has 0 atom stereocenters. The quantitative estimate of drug-likeness (QED) is 0.849. The first-order valence-corrected chi connectivity index (χ1v) is 7.28. The second-order valence-electron chi connectivity index (χ2n) is 4.82. The lowest BCUT2D eigenvalue weighted by molar-refractivity contribution is -0.185. The minimum absolute atomic E-state index is 0.168. The summed E-state index contributed by atoms with van der Waals surface area (Å²) in [6, 6.07) is 3.83. The van der Waals surface area contributed by atoms with E-state index in [-0.39, 0.29) is 19.4 Å². The van der Waals surface area contributed by atoms with Crippen molar-refractivity contribution in [3.05, 3.63) is 21.9 Å². The van der Waals surface area contributed by atoms with E-state index < -0.39 is 12.1 Å². The highest BCUT2D eigenvalue weighted by Crippen LogP contribution is 2.34. The summed E-state index contributed by atoms with van der Waals surface area (Å²) >= 11 is 1.52. The lowest BCUT2D eigenvalue weighted by Gasteiger charge is -2.32. The Hall–Kier alpha value is -1.03. The number of halogens is 3. The fourth-order valence-corrected chi connectivity index (χ4v) is 3.22. The van der Waals surface area contributed by atoms with Crippen LogP contribution in [0.3, 0.4) is 0 Å². The van der Waals surface area contributed by atoms with Crippen molar-refractivity contribution in [2.75, 3.05) is 19.7 Å². The first-order valence-electron chi connectivity index (χ1n) is 6.46. The number of aliphatic hydroxyl groups excluding tert-OH is 1. The van der Waals surface area contributed by atoms with E-state index in [1.165, 1.54) is 11.3 Å². The van der Waals surface area contributed by atoms with Crippen LogP contribution in [0, 0.1) is 17.8 Å². The molecule has 1 aliphatic rings. The molecule has 0 aliphatic carbocycles. The molecule has 1 aliphatic heterocycles. The highest BCUT2D eigenvalue weighted by Gasteiger charge is 2.40. The van der Waals surface area contributed by atoms with Crippen molar-refractivity contribution in [3.8, 4) is 11.8 Å². The lowest BCUT2D eigenvalue weighted by Crippen LogP contribution is -2.38. The third kappa shape index (κ3) is 4.23. The molecule has 20 heavy (non-hydrogen) atoms. The van der Waals surface area contributed by atoms with Gasteiger partial charge >= 0.3 is 6.18 Å². The van der Waals surface area contributed by atoms with E-state index in [4.69, 9.17) is 5.11 Å². The molecule has 1 saturated heterocycles. The van der Waals surface area contributed by atoms with Gasteiger partial charge in [0.2, 0.25) is 0 Å². The van der Waals surface area contributed by atoms with Gasteiger partial charge in [0.1, 0.15) is 6.61 Å². The maximum absolute atomic E-state index is 12.6. The molecule has 1 fully saturated rings. The molecule has 6 heteroatoms. The topological polar surface area (TPSA) is 23.5 Å². The number of hydrogen-bond acceptors (Lipinski definition) is 3. The number of alkyl halides is 3.